The second-order valence-corrected chi connectivity index (χ2v) is 6.55. The molecule has 1 amide bonds. The lowest BCUT2D eigenvalue weighted by molar-refractivity contribution is 0.0506. The fourth-order valence-corrected chi connectivity index (χ4v) is 3.11. The third-order valence-corrected chi connectivity index (χ3v) is 4.47. The average molecular weight is 370 g/mol. The molecule has 1 aromatic heterocycles. The number of pyridine rings is 1. The van der Waals surface area contributed by atoms with Gasteiger partial charge in [0.05, 0.1) is 12.7 Å². The van der Waals surface area contributed by atoms with E-state index in [0.717, 1.165) is 25.0 Å². The molecule has 1 saturated heterocycles. The molecule has 1 fully saturated rings. The van der Waals surface area contributed by atoms with Crippen molar-refractivity contribution in [2.45, 2.75) is 25.5 Å². The normalized spacial score (nSPS) is 16.3. The van der Waals surface area contributed by atoms with Crippen molar-refractivity contribution in [2.24, 2.45) is 0 Å². The summed E-state index contributed by atoms with van der Waals surface area (Å²) in [6.45, 7) is 2.79. The Kier molecular flexibility index (Phi) is 7.19. The number of nitrogens with zero attached hydrogens (tertiary/aromatic N) is 2. The Morgan fingerprint density at radius 1 is 1.30 bits per heavy atom. The van der Waals surface area contributed by atoms with Crippen LogP contribution in [-0.4, -0.2) is 55.4 Å². The van der Waals surface area contributed by atoms with Gasteiger partial charge in [0.2, 0.25) is 0 Å². The maximum Gasteiger partial charge on any atom is 0.254 e. The Labute approximate surface area is 160 Å². The highest BCUT2D eigenvalue weighted by Gasteiger charge is 2.24. The van der Waals surface area contributed by atoms with Crippen molar-refractivity contribution in [1.29, 1.82) is 0 Å². The van der Waals surface area contributed by atoms with E-state index in [1.54, 1.807) is 25.6 Å². The first kappa shape index (κ1) is 19.3. The van der Waals surface area contributed by atoms with E-state index < -0.39 is 0 Å². The Balaban J connectivity index is 1.73. The minimum atomic E-state index is -0.0356. The van der Waals surface area contributed by atoms with Crippen LogP contribution in [0.25, 0.3) is 0 Å². The molecule has 1 aromatic carbocycles. The Morgan fingerprint density at radius 3 is 2.96 bits per heavy atom. The highest BCUT2D eigenvalue weighted by Crippen LogP contribution is 2.19. The Morgan fingerprint density at radius 2 is 2.22 bits per heavy atom. The Bertz CT molecular complexity index is 717. The number of methoxy groups -OCH3 is 1. The zero-order chi connectivity index (χ0) is 18.9. The summed E-state index contributed by atoms with van der Waals surface area (Å²) in [4.78, 5) is 19.2. The summed E-state index contributed by atoms with van der Waals surface area (Å²) in [5, 5.41) is 0. The van der Waals surface area contributed by atoms with Crippen LogP contribution >= 0.6 is 0 Å². The minimum absolute atomic E-state index is 0.0356. The van der Waals surface area contributed by atoms with Crippen LogP contribution in [0.5, 0.6) is 5.75 Å². The van der Waals surface area contributed by atoms with Gasteiger partial charge in [0.15, 0.2) is 0 Å². The molecule has 2 heterocycles. The van der Waals surface area contributed by atoms with Gasteiger partial charge >= 0.3 is 0 Å². The molecule has 6 nitrogen and oxygen atoms in total. The molecule has 0 saturated carbocycles. The molecule has 1 aliphatic heterocycles. The zero-order valence-electron chi connectivity index (χ0n) is 15.7. The third-order valence-electron chi connectivity index (χ3n) is 4.47. The van der Waals surface area contributed by atoms with Gasteiger partial charge in [-0.25, -0.2) is 0 Å². The van der Waals surface area contributed by atoms with Gasteiger partial charge in [0, 0.05) is 44.8 Å². The topological polar surface area (TPSA) is 60.9 Å². The molecule has 27 heavy (non-hydrogen) atoms. The molecule has 144 valence electrons. The molecule has 0 bridgehead atoms. The van der Waals surface area contributed by atoms with Crippen LogP contribution in [0.4, 0.5) is 0 Å². The first-order chi connectivity index (χ1) is 13.3. The second kappa shape index (κ2) is 10.0. The molecule has 2 aromatic rings. The molecule has 0 N–H and O–H groups in total. The van der Waals surface area contributed by atoms with Crippen molar-refractivity contribution >= 4 is 5.91 Å². The van der Waals surface area contributed by atoms with Crippen LogP contribution in [0.15, 0.2) is 48.8 Å². The van der Waals surface area contributed by atoms with Gasteiger partial charge < -0.3 is 19.1 Å². The molecule has 0 radical (unpaired) electrons. The summed E-state index contributed by atoms with van der Waals surface area (Å²) >= 11 is 0. The first-order valence-electron chi connectivity index (χ1n) is 9.28. The van der Waals surface area contributed by atoms with Crippen molar-refractivity contribution in [3.63, 3.8) is 0 Å². The van der Waals surface area contributed by atoms with Crippen LogP contribution in [0.1, 0.15) is 28.8 Å². The standard InChI is InChI=1S/C21H26N2O4/c1-25-11-12-27-19-7-2-6-18(13-19)21(24)23(16-20-8-4-10-26-20)15-17-5-3-9-22-14-17/h2-3,5-7,9,13-14,20H,4,8,10-12,15-16H2,1H3. The molecule has 3 rings (SSSR count). The van der Waals surface area contributed by atoms with Crippen molar-refractivity contribution in [2.75, 3.05) is 33.5 Å². The molecule has 1 unspecified atom stereocenters. The fourth-order valence-electron chi connectivity index (χ4n) is 3.11. The number of amides is 1. The minimum Gasteiger partial charge on any atom is -0.491 e. The van der Waals surface area contributed by atoms with E-state index in [-0.39, 0.29) is 12.0 Å². The van der Waals surface area contributed by atoms with Crippen LogP contribution in [0, 0.1) is 0 Å². The maximum absolute atomic E-state index is 13.2. The average Bonchev–Trinajstić information content (AvgIpc) is 3.21. The predicted octanol–water partition coefficient (Wildman–Crippen LogP) is 2.93. The molecular weight excluding hydrogens is 344 g/mol. The second-order valence-electron chi connectivity index (χ2n) is 6.55. The van der Waals surface area contributed by atoms with Crippen molar-refractivity contribution in [1.82, 2.24) is 9.88 Å². The van der Waals surface area contributed by atoms with Gasteiger partial charge in [-0.3, -0.25) is 9.78 Å². The van der Waals surface area contributed by atoms with E-state index in [2.05, 4.69) is 4.98 Å². The van der Waals surface area contributed by atoms with Gasteiger partial charge in [0.25, 0.3) is 5.91 Å². The van der Waals surface area contributed by atoms with Crippen LogP contribution in [0.3, 0.4) is 0 Å². The lowest BCUT2D eigenvalue weighted by Gasteiger charge is -2.26. The largest absolute Gasteiger partial charge is 0.491 e. The number of hydrogen-bond donors (Lipinski definition) is 0. The van der Waals surface area contributed by atoms with E-state index in [1.165, 1.54) is 0 Å². The van der Waals surface area contributed by atoms with Gasteiger partial charge in [-0.05, 0) is 42.7 Å². The molecule has 1 aliphatic rings. The highest BCUT2D eigenvalue weighted by atomic mass is 16.5. The van der Waals surface area contributed by atoms with E-state index in [1.807, 2.05) is 35.2 Å². The number of aromatic nitrogens is 1. The SMILES string of the molecule is COCCOc1cccc(C(=O)N(Cc2cccnc2)CC2CCCO2)c1. The van der Waals surface area contributed by atoms with E-state index in [0.29, 0.717) is 37.6 Å². The summed E-state index contributed by atoms with van der Waals surface area (Å²) in [6, 6.07) is 11.1. The van der Waals surface area contributed by atoms with Crippen molar-refractivity contribution in [3.05, 3.63) is 59.9 Å². The summed E-state index contributed by atoms with van der Waals surface area (Å²) in [6.07, 6.45) is 5.64. The molecule has 0 aliphatic carbocycles. The fraction of sp³-hybridized carbons (Fsp3) is 0.429. The molecule has 6 heteroatoms. The van der Waals surface area contributed by atoms with E-state index in [4.69, 9.17) is 14.2 Å². The molecule has 0 spiro atoms. The summed E-state index contributed by atoms with van der Waals surface area (Å²) in [5.74, 6) is 0.628. The van der Waals surface area contributed by atoms with Gasteiger partial charge in [-0.2, -0.15) is 0 Å². The van der Waals surface area contributed by atoms with Crippen molar-refractivity contribution in [3.8, 4) is 5.75 Å². The smallest absolute Gasteiger partial charge is 0.254 e. The van der Waals surface area contributed by atoms with Gasteiger partial charge in [-0.1, -0.05) is 12.1 Å². The van der Waals surface area contributed by atoms with Crippen molar-refractivity contribution < 1.29 is 19.0 Å². The van der Waals surface area contributed by atoms with E-state index >= 15 is 0 Å². The van der Waals surface area contributed by atoms with Gasteiger partial charge in [-0.15, -0.1) is 0 Å². The zero-order valence-corrected chi connectivity index (χ0v) is 15.7. The number of hydrogen-bond acceptors (Lipinski definition) is 5. The maximum atomic E-state index is 13.2. The number of benzene rings is 1. The highest BCUT2D eigenvalue weighted by molar-refractivity contribution is 5.94. The number of rotatable bonds is 9. The predicted molar refractivity (Wildman–Crippen MR) is 102 cm³/mol. The molecule has 1 atom stereocenters. The van der Waals surface area contributed by atoms with Crippen LogP contribution < -0.4 is 4.74 Å². The lowest BCUT2D eigenvalue weighted by atomic mass is 10.1. The third kappa shape index (κ3) is 5.77. The molecular formula is C21H26N2O4. The first-order valence-corrected chi connectivity index (χ1v) is 9.28. The summed E-state index contributed by atoms with van der Waals surface area (Å²) in [7, 11) is 1.63. The summed E-state index contributed by atoms with van der Waals surface area (Å²) < 4.78 is 16.4. The quantitative estimate of drug-likeness (QED) is 0.635. The Hall–Kier alpha value is -2.44. The lowest BCUT2D eigenvalue weighted by Crippen LogP contribution is -2.37. The van der Waals surface area contributed by atoms with Crippen LogP contribution in [-0.2, 0) is 16.0 Å². The van der Waals surface area contributed by atoms with Gasteiger partial charge in [0.1, 0.15) is 12.4 Å². The number of ether oxygens (including phenoxy) is 3. The van der Waals surface area contributed by atoms with Crippen LogP contribution in [0.2, 0.25) is 0 Å². The van der Waals surface area contributed by atoms with E-state index in [9.17, 15) is 4.79 Å². The number of carbonyl (C=O) groups excluding carboxylic acids is 1. The summed E-state index contributed by atoms with van der Waals surface area (Å²) in [5.41, 5.74) is 1.60. The monoisotopic (exact) mass is 370 g/mol. The number of carbonyl (C=O) groups is 1.